The van der Waals surface area contributed by atoms with Crippen molar-refractivity contribution in [3.63, 3.8) is 0 Å². The van der Waals surface area contributed by atoms with Crippen LogP contribution in [-0.2, 0) is 6.42 Å². The van der Waals surface area contributed by atoms with E-state index in [-0.39, 0.29) is 0 Å². The van der Waals surface area contributed by atoms with E-state index in [1.54, 1.807) is 0 Å². The number of hydrogen-bond acceptors (Lipinski definition) is 3. The number of rotatable bonds is 3. The summed E-state index contributed by atoms with van der Waals surface area (Å²) in [5.74, 6) is 0.998. The van der Waals surface area contributed by atoms with E-state index >= 15 is 0 Å². The van der Waals surface area contributed by atoms with Gasteiger partial charge in [0, 0.05) is 0 Å². The summed E-state index contributed by atoms with van der Waals surface area (Å²) in [5.41, 5.74) is 3.60. The molecule has 2 aliphatic rings. The summed E-state index contributed by atoms with van der Waals surface area (Å²) in [6.45, 7) is 0. The Hall–Kier alpha value is -1.77. The molecule has 0 saturated heterocycles. The summed E-state index contributed by atoms with van der Waals surface area (Å²) < 4.78 is 6.03. The lowest BCUT2D eigenvalue weighted by atomic mass is 9.92. The zero-order valence-electron chi connectivity index (χ0n) is 11.0. The summed E-state index contributed by atoms with van der Waals surface area (Å²) in [6, 6.07) is 6.31. The first kappa shape index (κ1) is 12.3. The molecule has 0 spiro atoms. The van der Waals surface area contributed by atoms with E-state index in [0.29, 0.717) is 6.10 Å². The number of nitrogens with zero attached hydrogens (tertiary/aromatic N) is 1. The van der Waals surface area contributed by atoms with Gasteiger partial charge in [-0.05, 0) is 73.4 Å². The molecule has 1 aromatic rings. The van der Waals surface area contributed by atoms with Crippen LogP contribution in [0.3, 0.4) is 0 Å². The first-order valence-electron chi connectivity index (χ1n) is 7.03. The normalized spacial score (nSPS) is 19.5. The van der Waals surface area contributed by atoms with Gasteiger partial charge >= 0.3 is 0 Å². The zero-order valence-corrected chi connectivity index (χ0v) is 11.0. The van der Waals surface area contributed by atoms with E-state index in [4.69, 9.17) is 9.94 Å². The third-order valence-corrected chi connectivity index (χ3v) is 3.97. The number of oxime groups is 1. The molecule has 1 fully saturated rings. The second-order valence-electron chi connectivity index (χ2n) is 5.35. The molecule has 0 aliphatic heterocycles. The Morgan fingerprint density at radius 2 is 2.05 bits per heavy atom. The highest BCUT2D eigenvalue weighted by molar-refractivity contribution is 5.86. The van der Waals surface area contributed by atoms with Crippen molar-refractivity contribution in [2.75, 3.05) is 0 Å². The van der Waals surface area contributed by atoms with Crippen molar-refractivity contribution in [2.24, 2.45) is 5.16 Å². The maximum absolute atomic E-state index is 8.58. The van der Waals surface area contributed by atoms with E-state index in [1.165, 1.54) is 43.0 Å². The second kappa shape index (κ2) is 5.47. The standard InChI is InChI=1S/C16H19NO2/c18-17-11-12-5-6-14-10-16(8-7-13(14)9-12)19-15-3-1-2-4-15/h7-11,15,18H,1-6H2. The molecule has 1 N–H and O–H groups in total. The van der Waals surface area contributed by atoms with Crippen LogP contribution in [0.4, 0.5) is 0 Å². The van der Waals surface area contributed by atoms with Crippen LogP contribution in [-0.4, -0.2) is 17.5 Å². The minimum absolute atomic E-state index is 0.411. The first-order chi connectivity index (χ1) is 9.35. The lowest BCUT2D eigenvalue weighted by Gasteiger charge is -2.18. The van der Waals surface area contributed by atoms with Gasteiger partial charge in [-0.1, -0.05) is 11.2 Å². The van der Waals surface area contributed by atoms with Crippen LogP contribution in [0.15, 0.2) is 28.9 Å². The van der Waals surface area contributed by atoms with Gasteiger partial charge in [0.2, 0.25) is 0 Å². The SMILES string of the molecule is ON=CC1=Cc2ccc(OC3CCCC3)cc2CC1. The van der Waals surface area contributed by atoms with E-state index in [9.17, 15) is 0 Å². The molecular formula is C16H19NO2. The van der Waals surface area contributed by atoms with E-state index in [1.807, 2.05) is 6.07 Å². The third-order valence-electron chi connectivity index (χ3n) is 3.97. The molecule has 0 aromatic heterocycles. The average molecular weight is 257 g/mol. The predicted octanol–water partition coefficient (Wildman–Crippen LogP) is 3.80. The Bertz CT molecular complexity index is 513. The third kappa shape index (κ3) is 2.80. The Labute approximate surface area is 113 Å². The highest BCUT2D eigenvalue weighted by atomic mass is 16.5. The maximum Gasteiger partial charge on any atom is 0.120 e. The topological polar surface area (TPSA) is 41.8 Å². The van der Waals surface area contributed by atoms with Crippen molar-refractivity contribution in [3.8, 4) is 5.75 Å². The Morgan fingerprint density at radius 1 is 1.21 bits per heavy atom. The number of hydrogen-bond donors (Lipinski definition) is 1. The molecule has 0 unspecified atom stereocenters. The van der Waals surface area contributed by atoms with Crippen molar-refractivity contribution in [3.05, 3.63) is 34.9 Å². The number of fused-ring (bicyclic) bond motifs is 1. The van der Waals surface area contributed by atoms with E-state index < -0.39 is 0 Å². The summed E-state index contributed by atoms with van der Waals surface area (Å²) in [5, 5.41) is 11.7. The van der Waals surface area contributed by atoms with Gasteiger partial charge in [-0.3, -0.25) is 0 Å². The number of ether oxygens (including phenoxy) is 1. The van der Waals surface area contributed by atoms with Crippen LogP contribution in [0, 0.1) is 0 Å². The molecule has 1 aromatic carbocycles. The molecule has 0 amide bonds. The molecule has 0 bridgehead atoms. The van der Waals surface area contributed by atoms with Crippen LogP contribution in [0.2, 0.25) is 0 Å². The number of aryl methyl sites for hydroxylation is 1. The predicted molar refractivity (Wildman–Crippen MR) is 75.9 cm³/mol. The van der Waals surface area contributed by atoms with Gasteiger partial charge in [-0.15, -0.1) is 0 Å². The van der Waals surface area contributed by atoms with E-state index in [0.717, 1.165) is 24.2 Å². The molecule has 1 saturated carbocycles. The van der Waals surface area contributed by atoms with Gasteiger partial charge in [-0.2, -0.15) is 0 Å². The summed E-state index contributed by atoms with van der Waals surface area (Å²) in [7, 11) is 0. The van der Waals surface area contributed by atoms with Gasteiger partial charge in [0.15, 0.2) is 0 Å². The van der Waals surface area contributed by atoms with Crippen LogP contribution >= 0.6 is 0 Å². The Balaban J connectivity index is 1.77. The Morgan fingerprint density at radius 3 is 2.84 bits per heavy atom. The molecule has 3 heteroatoms. The lowest BCUT2D eigenvalue weighted by Crippen LogP contribution is -2.11. The van der Waals surface area contributed by atoms with Crippen LogP contribution < -0.4 is 4.74 Å². The average Bonchev–Trinajstić information content (AvgIpc) is 2.92. The quantitative estimate of drug-likeness (QED) is 0.508. The second-order valence-corrected chi connectivity index (χ2v) is 5.35. The largest absolute Gasteiger partial charge is 0.490 e. The van der Waals surface area contributed by atoms with Gasteiger partial charge in [0.25, 0.3) is 0 Å². The summed E-state index contributed by atoms with van der Waals surface area (Å²) >= 11 is 0. The fraction of sp³-hybridized carbons (Fsp3) is 0.438. The highest BCUT2D eigenvalue weighted by Gasteiger charge is 2.17. The number of benzene rings is 1. The van der Waals surface area contributed by atoms with Crippen LogP contribution in [0.5, 0.6) is 5.75 Å². The fourth-order valence-corrected chi connectivity index (χ4v) is 2.94. The van der Waals surface area contributed by atoms with Gasteiger partial charge in [0.1, 0.15) is 5.75 Å². The number of allylic oxidation sites excluding steroid dienone is 1. The van der Waals surface area contributed by atoms with Crippen molar-refractivity contribution < 1.29 is 9.94 Å². The lowest BCUT2D eigenvalue weighted by molar-refractivity contribution is 0.210. The molecule has 19 heavy (non-hydrogen) atoms. The van der Waals surface area contributed by atoms with Crippen molar-refractivity contribution in [1.29, 1.82) is 0 Å². The van der Waals surface area contributed by atoms with Crippen LogP contribution in [0.1, 0.15) is 43.2 Å². The minimum Gasteiger partial charge on any atom is -0.490 e. The molecule has 0 atom stereocenters. The first-order valence-corrected chi connectivity index (χ1v) is 7.03. The van der Waals surface area contributed by atoms with Gasteiger partial charge in [-0.25, -0.2) is 0 Å². The van der Waals surface area contributed by atoms with Crippen LogP contribution in [0.25, 0.3) is 6.08 Å². The fourth-order valence-electron chi connectivity index (χ4n) is 2.94. The van der Waals surface area contributed by atoms with Gasteiger partial charge in [0.05, 0.1) is 12.3 Å². The highest BCUT2D eigenvalue weighted by Crippen LogP contribution is 2.29. The molecule has 100 valence electrons. The molecular weight excluding hydrogens is 238 g/mol. The summed E-state index contributed by atoms with van der Waals surface area (Å²) in [4.78, 5) is 0. The van der Waals surface area contributed by atoms with E-state index in [2.05, 4.69) is 23.4 Å². The summed E-state index contributed by atoms with van der Waals surface area (Å²) in [6.07, 6.45) is 10.9. The zero-order chi connectivity index (χ0) is 13.1. The molecule has 3 nitrogen and oxygen atoms in total. The molecule has 2 aliphatic carbocycles. The van der Waals surface area contributed by atoms with Gasteiger partial charge < -0.3 is 9.94 Å². The molecule has 3 rings (SSSR count). The van der Waals surface area contributed by atoms with Crippen molar-refractivity contribution in [1.82, 2.24) is 0 Å². The minimum atomic E-state index is 0.411. The molecule has 0 radical (unpaired) electrons. The smallest absolute Gasteiger partial charge is 0.120 e. The van der Waals surface area contributed by atoms with Crippen molar-refractivity contribution >= 4 is 12.3 Å². The van der Waals surface area contributed by atoms with Crippen molar-refractivity contribution in [2.45, 2.75) is 44.6 Å². The molecule has 0 heterocycles. The monoisotopic (exact) mass is 257 g/mol. The maximum atomic E-state index is 8.58. The Kier molecular flexibility index (Phi) is 3.53.